The van der Waals surface area contributed by atoms with Gasteiger partial charge < -0.3 is 9.15 Å². The normalized spacial score (nSPS) is 19.5. The Bertz CT molecular complexity index is 714. The van der Waals surface area contributed by atoms with Gasteiger partial charge in [-0.15, -0.1) is 0 Å². The van der Waals surface area contributed by atoms with Crippen LogP contribution in [-0.4, -0.2) is 27.4 Å². The highest BCUT2D eigenvalue weighted by molar-refractivity contribution is 7.89. The fourth-order valence-corrected chi connectivity index (χ4v) is 3.70. The second-order valence-corrected chi connectivity index (χ2v) is 8.07. The van der Waals surface area contributed by atoms with Crippen molar-refractivity contribution in [1.82, 2.24) is 4.72 Å². The molecule has 1 aliphatic rings. The van der Waals surface area contributed by atoms with Crippen molar-refractivity contribution in [1.29, 1.82) is 0 Å². The molecule has 1 amide bonds. The van der Waals surface area contributed by atoms with Crippen LogP contribution in [-0.2, 0) is 19.6 Å². The Hall–Kier alpha value is -1.83. The molecule has 0 aromatic carbocycles. The van der Waals surface area contributed by atoms with Gasteiger partial charge in [0.15, 0.2) is 0 Å². The average molecular weight is 329 g/mol. The highest BCUT2D eigenvalue weighted by Crippen LogP contribution is 2.68. The molecule has 1 aliphatic carbocycles. The molecule has 1 fully saturated rings. The molecular weight excluding hydrogens is 310 g/mol. The van der Waals surface area contributed by atoms with E-state index in [1.165, 1.54) is 6.07 Å². The minimum absolute atomic E-state index is 0.248. The lowest BCUT2D eigenvalue weighted by Crippen LogP contribution is -2.33. The number of nitrogens with one attached hydrogen (secondary N) is 1. The van der Waals surface area contributed by atoms with Gasteiger partial charge in [-0.3, -0.25) is 4.79 Å². The summed E-state index contributed by atoms with van der Waals surface area (Å²) in [6, 6.07) is 2.28. The highest BCUT2D eigenvalue weighted by atomic mass is 32.2. The van der Waals surface area contributed by atoms with Gasteiger partial charge in [-0.1, -0.05) is 27.7 Å². The minimum atomic E-state index is -4.16. The minimum Gasteiger partial charge on any atom is -0.463 e. The third kappa shape index (κ3) is 2.41. The van der Waals surface area contributed by atoms with Crippen LogP contribution in [0, 0.1) is 16.7 Å². The summed E-state index contributed by atoms with van der Waals surface area (Å²) in [4.78, 5) is 23.5. The first-order valence-electron chi connectivity index (χ1n) is 6.70. The molecule has 1 aromatic heterocycles. The van der Waals surface area contributed by atoms with Crippen molar-refractivity contribution < 1.29 is 27.2 Å². The predicted octanol–water partition coefficient (Wildman–Crippen LogP) is 1.55. The quantitative estimate of drug-likeness (QED) is 0.841. The van der Waals surface area contributed by atoms with E-state index in [0.29, 0.717) is 0 Å². The molecule has 1 heterocycles. The van der Waals surface area contributed by atoms with Crippen LogP contribution < -0.4 is 4.72 Å². The van der Waals surface area contributed by atoms with E-state index in [2.05, 4.69) is 4.74 Å². The van der Waals surface area contributed by atoms with Crippen molar-refractivity contribution in [2.75, 3.05) is 7.11 Å². The molecule has 1 aromatic rings. The van der Waals surface area contributed by atoms with E-state index in [-0.39, 0.29) is 16.6 Å². The average Bonchev–Trinajstić information content (AvgIpc) is 2.75. The van der Waals surface area contributed by atoms with E-state index in [1.54, 1.807) is 0 Å². The fraction of sp³-hybridized carbons (Fsp3) is 0.571. The predicted molar refractivity (Wildman–Crippen MR) is 76.4 cm³/mol. The first kappa shape index (κ1) is 16.5. The Morgan fingerprint density at radius 2 is 1.73 bits per heavy atom. The lowest BCUT2D eigenvalue weighted by atomic mass is 10.0. The Morgan fingerprint density at radius 1 is 1.18 bits per heavy atom. The Labute approximate surface area is 129 Å². The summed E-state index contributed by atoms with van der Waals surface area (Å²) in [5, 5.41) is -0.502. The summed E-state index contributed by atoms with van der Waals surface area (Å²) in [6.45, 7) is 7.64. The number of sulfonamides is 1. The molecule has 7 nitrogen and oxygen atoms in total. The van der Waals surface area contributed by atoms with Gasteiger partial charge >= 0.3 is 5.97 Å². The van der Waals surface area contributed by atoms with Crippen molar-refractivity contribution in [2.24, 2.45) is 16.7 Å². The third-order valence-electron chi connectivity index (χ3n) is 4.75. The molecule has 0 spiro atoms. The van der Waals surface area contributed by atoms with E-state index in [4.69, 9.17) is 4.42 Å². The summed E-state index contributed by atoms with van der Waals surface area (Å²) in [5.41, 5.74) is -0.570. The van der Waals surface area contributed by atoms with Gasteiger partial charge in [0.25, 0.3) is 10.0 Å². The first-order chi connectivity index (χ1) is 9.95. The maximum Gasteiger partial charge on any atom is 0.374 e. The summed E-state index contributed by atoms with van der Waals surface area (Å²) in [6.07, 6.45) is 0. The van der Waals surface area contributed by atoms with Gasteiger partial charge in [0.2, 0.25) is 16.8 Å². The van der Waals surface area contributed by atoms with Gasteiger partial charge in [-0.05, 0) is 23.0 Å². The van der Waals surface area contributed by atoms with Crippen LogP contribution in [0.2, 0.25) is 0 Å². The van der Waals surface area contributed by atoms with Crippen molar-refractivity contribution in [3.05, 3.63) is 17.9 Å². The van der Waals surface area contributed by atoms with Gasteiger partial charge in [0.05, 0.1) is 13.0 Å². The second-order valence-electron chi connectivity index (χ2n) is 6.46. The molecule has 1 N–H and O–H groups in total. The zero-order valence-electron chi connectivity index (χ0n) is 13.1. The van der Waals surface area contributed by atoms with Gasteiger partial charge in [0.1, 0.15) is 0 Å². The standard InChI is InChI=1S/C14H19NO6S/c1-13(2)10(14(13,3)4)11(16)15-22(18,19)9-7-6-8(21-9)12(17)20-5/h6-7,10H,1-5H3,(H,15,16). The van der Waals surface area contributed by atoms with Crippen LogP contribution in [0.25, 0.3) is 0 Å². The monoisotopic (exact) mass is 329 g/mol. The maximum absolute atomic E-state index is 12.2. The van der Waals surface area contributed by atoms with E-state index < -0.39 is 32.9 Å². The molecule has 0 atom stereocenters. The van der Waals surface area contributed by atoms with E-state index in [0.717, 1.165) is 13.2 Å². The van der Waals surface area contributed by atoms with E-state index in [1.807, 2.05) is 32.4 Å². The molecular formula is C14H19NO6S. The summed E-state index contributed by atoms with van der Waals surface area (Å²) in [5.74, 6) is -2.03. The molecule has 8 heteroatoms. The van der Waals surface area contributed by atoms with Crippen molar-refractivity contribution in [3.63, 3.8) is 0 Å². The number of rotatable bonds is 4. The molecule has 0 unspecified atom stereocenters. The summed E-state index contributed by atoms with van der Waals surface area (Å²) >= 11 is 0. The molecule has 0 bridgehead atoms. The van der Waals surface area contributed by atoms with Gasteiger partial charge in [-0.2, -0.15) is 8.42 Å². The summed E-state index contributed by atoms with van der Waals surface area (Å²) < 4.78 is 35.7. The third-order valence-corrected chi connectivity index (χ3v) is 5.97. The number of hydrogen-bond acceptors (Lipinski definition) is 6. The van der Waals surface area contributed by atoms with Crippen LogP contribution in [0.3, 0.4) is 0 Å². The number of carbonyl (C=O) groups is 2. The van der Waals surface area contributed by atoms with Crippen molar-refractivity contribution >= 4 is 21.9 Å². The molecule has 0 aliphatic heterocycles. The van der Waals surface area contributed by atoms with E-state index >= 15 is 0 Å². The van der Waals surface area contributed by atoms with Crippen LogP contribution in [0.1, 0.15) is 38.2 Å². The second kappa shape index (κ2) is 4.84. The molecule has 22 heavy (non-hydrogen) atoms. The topological polar surface area (TPSA) is 103 Å². The van der Waals surface area contributed by atoms with Crippen LogP contribution in [0.15, 0.2) is 21.6 Å². The molecule has 2 rings (SSSR count). The molecule has 122 valence electrons. The molecule has 1 saturated carbocycles. The van der Waals surface area contributed by atoms with Crippen LogP contribution in [0.4, 0.5) is 0 Å². The Morgan fingerprint density at radius 3 is 2.18 bits per heavy atom. The largest absolute Gasteiger partial charge is 0.463 e. The van der Waals surface area contributed by atoms with E-state index in [9.17, 15) is 18.0 Å². The number of ether oxygens (including phenoxy) is 1. The number of hydrogen-bond donors (Lipinski definition) is 1. The van der Waals surface area contributed by atoms with Gasteiger partial charge in [-0.25, -0.2) is 9.52 Å². The highest BCUT2D eigenvalue weighted by Gasteiger charge is 2.68. The number of esters is 1. The lowest BCUT2D eigenvalue weighted by Gasteiger charge is -2.05. The SMILES string of the molecule is COC(=O)c1ccc(S(=O)(=O)NC(=O)C2C(C)(C)C2(C)C)o1. The smallest absolute Gasteiger partial charge is 0.374 e. The number of carbonyl (C=O) groups excluding carboxylic acids is 2. The number of methoxy groups -OCH3 is 1. The molecule has 0 saturated heterocycles. The molecule has 0 radical (unpaired) electrons. The maximum atomic E-state index is 12.2. The summed E-state index contributed by atoms with van der Waals surface area (Å²) in [7, 11) is -3.01. The van der Waals surface area contributed by atoms with Gasteiger partial charge in [0, 0.05) is 0 Å². The Balaban J connectivity index is 2.17. The van der Waals surface area contributed by atoms with Crippen molar-refractivity contribution in [3.8, 4) is 0 Å². The lowest BCUT2D eigenvalue weighted by molar-refractivity contribution is -0.121. The number of furan rings is 1. The van der Waals surface area contributed by atoms with Crippen LogP contribution >= 0.6 is 0 Å². The zero-order chi connectivity index (χ0) is 16.9. The van der Waals surface area contributed by atoms with Crippen molar-refractivity contribution in [2.45, 2.75) is 32.8 Å². The first-order valence-corrected chi connectivity index (χ1v) is 8.18. The Kier molecular flexibility index (Phi) is 3.64. The zero-order valence-corrected chi connectivity index (χ0v) is 13.9. The fourth-order valence-electron chi connectivity index (χ4n) is 2.77. The number of amides is 1. The van der Waals surface area contributed by atoms with Crippen LogP contribution in [0.5, 0.6) is 0 Å².